The Labute approximate surface area is 153 Å². The summed E-state index contributed by atoms with van der Waals surface area (Å²) in [6, 6.07) is 4.36. The van der Waals surface area contributed by atoms with Crippen LogP contribution >= 0.6 is 11.3 Å². The maximum atomic E-state index is 13.3. The molecular weight excluding hydrogens is 358 g/mol. The quantitative estimate of drug-likeness (QED) is 0.753. The van der Waals surface area contributed by atoms with Crippen LogP contribution in [0.15, 0.2) is 30.6 Å². The average molecular weight is 376 g/mol. The van der Waals surface area contributed by atoms with Gasteiger partial charge in [-0.15, -0.1) is 11.3 Å². The van der Waals surface area contributed by atoms with Crippen molar-refractivity contribution < 1.29 is 8.78 Å². The maximum absolute atomic E-state index is 13.3. The minimum absolute atomic E-state index is 0.218. The lowest BCUT2D eigenvalue weighted by Crippen LogP contribution is -2.48. The number of fused-ring (bicyclic) bond motifs is 1. The zero-order valence-corrected chi connectivity index (χ0v) is 14.8. The lowest BCUT2D eigenvalue weighted by molar-refractivity contribution is 0.242. The van der Waals surface area contributed by atoms with Crippen LogP contribution in [0.1, 0.15) is 11.0 Å². The van der Waals surface area contributed by atoms with E-state index < -0.39 is 5.82 Å². The summed E-state index contributed by atoms with van der Waals surface area (Å²) in [6.45, 7) is 3.81. The van der Waals surface area contributed by atoms with Gasteiger partial charge in [-0.3, -0.25) is 4.90 Å². The first kappa shape index (κ1) is 17.2. The van der Waals surface area contributed by atoms with Crippen LogP contribution in [0.25, 0.3) is 10.2 Å². The molecule has 0 amide bonds. The number of rotatable bonds is 4. The number of thiazole rings is 1. The highest BCUT2D eigenvalue weighted by Gasteiger charge is 2.22. The molecule has 9 heteroatoms. The van der Waals surface area contributed by atoms with Gasteiger partial charge in [-0.2, -0.15) is 0 Å². The van der Waals surface area contributed by atoms with Crippen LogP contribution < -0.4 is 10.6 Å². The van der Waals surface area contributed by atoms with Crippen molar-refractivity contribution in [3.8, 4) is 0 Å². The summed E-state index contributed by atoms with van der Waals surface area (Å²) in [5, 5.41) is 0.815. The topological polar surface area (TPSA) is 71.2 Å². The van der Waals surface area contributed by atoms with Gasteiger partial charge in [0, 0.05) is 32.7 Å². The predicted octanol–water partition coefficient (Wildman–Crippen LogP) is 2.19. The highest BCUT2D eigenvalue weighted by Crippen LogP contribution is 2.27. The summed E-state index contributed by atoms with van der Waals surface area (Å²) < 4.78 is 27.1. The lowest BCUT2D eigenvalue weighted by Gasteiger charge is -2.35. The number of nitrogens with two attached hydrogens (primary N) is 1. The van der Waals surface area contributed by atoms with E-state index in [-0.39, 0.29) is 11.9 Å². The van der Waals surface area contributed by atoms with Crippen LogP contribution in [0.5, 0.6) is 0 Å². The molecule has 1 aromatic carbocycles. The molecule has 6 nitrogen and oxygen atoms in total. The fourth-order valence-electron chi connectivity index (χ4n) is 3.03. The summed E-state index contributed by atoms with van der Waals surface area (Å²) in [6.07, 6.45) is 2.36. The summed E-state index contributed by atoms with van der Waals surface area (Å²) in [7, 11) is 0. The molecule has 1 aliphatic rings. The summed E-state index contributed by atoms with van der Waals surface area (Å²) >= 11 is 1.44. The van der Waals surface area contributed by atoms with E-state index in [0.717, 1.165) is 41.4 Å². The number of anilines is 1. The predicted molar refractivity (Wildman–Crippen MR) is 97.1 cm³/mol. The van der Waals surface area contributed by atoms with E-state index in [1.807, 2.05) is 4.90 Å². The van der Waals surface area contributed by atoms with Crippen LogP contribution in [-0.2, 0) is 0 Å². The molecule has 136 valence electrons. The van der Waals surface area contributed by atoms with Crippen LogP contribution in [-0.4, -0.2) is 52.6 Å². The van der Waals surface area contributed by atoms with Gasteiger partial charge in [-0.1, -0.05) is 0 Å². The van der Waals surface area contributed by atoms with Crippen LogP contribution in [0, 0.1) is 11.6 Å². The van der Waals surface area contributed by atoms with E-state index >= 15 is 0 Å². The Morgan fingerprint density at radius 1 is 1.08 bits per heavy atom. The van der Waals surface area contributed by atoms with Crippen molar-refractivity contribution in [2.75, 3.05) is 37.6 Å². The monoisotopic (exact) mass is 376 g/mol. The van der Waals surface area contributed by atoms with Gasteiger partial charge in [0.2, 0.25) is 5.95 Å². The van der Waals surface area contributed by atoms with Crippen molar-refractivity contribution in [1.29, 1.82) is 0 Å². The van der Waals surface area contributed by atoms with Crippen molar-refractivity contribution in [2.45, 2.75) is 6.04 Å². The van der Waals surface area contributed by atoms with Crippen molar-refractivity contribution >= 4 is 27.5 Å². The molecule has 1 atom stereocenters. The Morgan fingerprint density at radius 2 is 1.81 bits per heavy atom. The van der Waals surface area contributed by atoms with E-state index in [1.54, 1.807) is 6.07 Å². The molecule has 2 aromatic heterocycles. The Bertz CT molecular complexity index is 892. The SMILES string of the molecule is NC(CN1CCN(c2ncc(F)cn2)CC1)c1nc2ccc(F)cc2s1. The average Bonchev–Trinajstić information content (AvgIpc) is 3.06. The first-order valence-electron chi connectivity index (χ1n) is 8.35. The standard InChI is InChI=1S/C17H18F2N6S/c18-11-1-2-14-15(7-11)26-16(23-14)13(20)10-24-3-5-25(6-4-24)17-21-8-12(19)9-22-17/h1-2,7-9,13H,3-6,10,20H2. The summed E-state index contributed by atoms with van der Waals surface area (Å²) in [4.78, 5) is 16.9. The van der Waals surface area contributed by atoms with E-state index in [9.17, 15) is 8.78 Å². The van der Waals surface area contributed by atoms with E-state index in [4.69, 9.17) is 5.73 Å². The minimum atomic E-state index is -0.436. The van der Waals surface area contributed by atoms with Gasteiger partial charge in [-0.25, -0.2) is 23.7 Å². The molecule has 26 heavy (non-hydrogen) atoms. The Kier molecular flexibility index (Phi) is 4.75. The summed E-state index contributed by atoms with van der Waals surface area (Å²) in [5.74, 6) is -0.155. The highest BCUT2D eigenvalue weighted by molar-refractivity contribution is 7.18. The van der Waals surface area contributed by atoms with E-state index in [0.29, 0.717) is 12.5 Å². The van der Waals surface area contributed by atoms with Crippen LogP contribution in [0.3, 0.4) is 0 Å². The number of hydrogen-bond donors (Lipinski definition) is 1. The van der Waals surface area contributed by atoms with Gasteiger partial charge >= 0.3 is 0 Å². The molecule has 3 aromatic rings. The number of aromatic nitrogens is 3. The zero-order chi connectivity index (χ0) is 18.1. The van der Waals surface area contributed by atoms with Crippen molar-refractivity contribution in [3.63, 3.8) is 0 Å². The molecule has 1 aliphatic heterocycles. The second-order valence-corrected chi connectivity index (χ2v) is 7.32. The molecule has 2 N–H and O–H groups in total. The maximum Gasteiger partial charge on any atom is 0.225 e. The van der Waals surface area contributed by atoms with E-state index in [2.05, 4.69) is 19.9 Å². The molecule has 1 unspecified atom stereocenters. The Morgan fingerprint density at radius 3 is 2.54 bits per heavy atom. The van der Waals surface area contributed by atoms with Gasteiger partial charge in [-0.05, 0) is 18.2 Å². The van der Waals surface area contributed by atoms with Crippen molar-refractivity contribution in [3.05, 3.63) is 47.2 Å². The number of halogens is 2. The van der Waals surface area contributed by atoms with E-state index in [1.165, 1.54) is 35.9 Å². The normalized spacial score (nSPS) is 17.0. The minimum Gasteiger partial charge on any atom is -0.338 e. The third kappa shape index (κ3) is 3.64. The number of hydrogen-bond acceptors (Lipinski definition) is 7. The molecule has 1 fully saturated rings. The molecule has 0 spiro atoms. The number of piperazine rings is 1. The first-order valence-corrected chi connectivity index (χ1v) is 9.16. The molecule has 0 aliphatic carbocycles. The molecule has 0 radical (unpaired) electrons. The highest BCUT2D eigenvalue weighted by atomic mass is 32.1. The third-order valence-electron chi connectivity index (χ3n) is 4.40. The molecule has 0 saturated carbocycles. The van der Waals surface area contributed by atoms with Gasteiger partial charge in [0.15, 0.2) is 5.82 Å². The van der Waals surface area contributed by atoms with Gasteiger partial charge in [0.05, 0.1) is 28.7 Å². The third-order valence-corrected chi connectivity index (χ3v) is 5.55. The fourth-order valence-corrected chi connectivity index (χ4v) is 4.02. The van der Waals surface area contributed by atoms with Crippen molar-refractivity contribution in [2.24, 2.45) is 5.73 Å². The second kappa shape index (κ2) is 7.18. The largest absolute Gasteiger partial charge is 0.338 e. The molecule has 0 bridgehead atoms. The van der Waals surface area contributed by atoms with Gasteiger partial charge < -0.3 is 10.6 Å². The summed E-state index contributed by atoms with van der Waals surface area (Å²) in [5.41, 5.74) is 7.10. The van der Waals surface area contributed by atoms with Crippen LogP contribution in [0.2, 0.25) is 0 Å². The Hall–Kier alpha value is -2.23. The van der Waals surface area contributed by atoms with Gasteiger partial charge in [0.1, 0.15) is 10.8 Å². The van der Waals surface area contributed by atoms with Crippen molar-refractivity contribution in [1.82, 2.24) is 19.9 Å². The molecule has 1 saturated heterocycles. The van der Waals surface area contributed by atoms with Gasteiger partial charge in [0.25, 0.3) is 0 Å². The molecule has 3 heterocycles. The Balaban J connectivity index is 1.36. The number of nitrogens with zero attached hydrogens (tertiary/aromatic N) is 5. The lowest BCUT2D eigenvalue weighted by atomic mass is 10.2. The smallest absolute Gasteiger partial charge is 0.225 e. The second-order valence-electron chi connectivity index (χ2n) is 6.26. The fraction of sp³-hybridized carbons (Fsp3) is 0.353. The molecule has 4 rings (SSSR count). The number of benzene rings is 1. The molecular formula is C17H18F2N6S. The first-order chi connectivity index (χ1) is 12.6. The van der Waals surface area contributed by atoms with Crippen LogP contribution in [0.4, 0.5) is 14.7 Å². The zero-order valence-electron chi connectivity index (χ0n) is 14.0.